The predicted octanol–water partition coefficient (Wildman–Crippen LogP) is 6.42. The minimum atomic E-state index is -0.264. The average molecular weight is 409 g/mol. The topological polar surface area (TPSA) is 50.8 Å². The number of fused-ring (bicyclic) bond motifs is 1. The first-order chi connectivity index (χ1) is 15.1. The normalized spacial score (nSPS) is 11.1. The van der Waals surface area contributed by atoms with Crippen LogP contribution in [0.3, 0.4) is 0 Å². The molecule has 0 aliphatic carbocycles. The van der Waals surface area contributed by atoms with Crippen molar-refractivity contribution in [3.8, 4) is 39.7 Å². The van der Waals surface area contributed by atoms with Crippen molar-refractivity contribution >= 4 is 11.0 Å². The van der Waals surface area contributed by atoms with Crippen molar-refractivity contribution in [2.45, 2.75) is 6.92 Å². The van der Waals surface area contributed by atoms with Gasteiger partial charge in [-0.15, -0.1) is 0 Å². The molecule has 152 valence electrons. The highest BCUT2D eigenvalue weighted by atomic mass is 19.1. The van der Waals surface area contributed by atoms with Crippen LogP contribution in [0.4, 0.5) is 4.39 Å². The largest absolute Gasteiger partial charge is 0.497 e. The molecule has 2 aromatic heterocycles. The smallest absolute Gasteiger partial charge is 0.162 e. The number of nitrogens with zero attached hydrogens (tertiary/aromatic N) is 2. The van der Waals surface area contributed by atoms with E-state index in [1.165, 1.54) is 17.7 Å². The van der Waals surface area contributed by atoms with Crippen LogP contribution in [0, 0.1) is 12.7 Å². The Kier molecular flexibility index (Phi) is 4.71. The molecule has 0 atom stereocenters. The first-order valence-electron chi connectivity index (χ1n) is 9.99. The van der Waals surface area contributed by atoms with Crippen LogP contribution < -0.4 is 4.74 Å². The molecule has 5 rings (SSSR count). The molecule has 0 unspecified atom stereocenters. The van der Waals surface area contributed by atoms with Gasteiger partial charge in [0, 0.05) is 22.2 Å². The van der Waals surface area contributed by atoms with Crippen LogP contribution in [-0.2, 0) is 0 Å². The summed E-state index contributed by atoms with van der Waals surface area (Å²) >= 11 is 0. The van der Waals surface area contributed by atoms with E-state index in [4.69, 9.17) is 14.7 Å². The SMILES string of the molecule is COc1ccc(-c2nc(-c3ccc(C)cc3)nc3[nH]c(-c4ccc(F)cc4)cc23)cc1. The van der Waals surface area contributed by atoms with Crippen LogP contribution in [0.5, 0.6) is 5.75 Å². The lowest BCUT2D eigenvalue weighted by molar-refractivity contribution is 0.415. The minimum Gasteiger partial charge on any atom is -0.497 e. The molecular formula is C26H20FN3O. The first-order valence-corrected chi connectivity index (χ1v) is 9.99. The quantitative estimate of drug-likeness (QED) is 0.373. The number of hydrogen-bond acceptors (Lipinski definition) is 3. The Morgan fingerprint density at radius 3 is 2.10 bits per heavy atom. The molecule has 1 N–H and O–H groups in total. The van der Waals surface area contributed by atoms with Crippen LogP contribution in [0.25, 0.3) is 44.9 Å². The maximum Gasteiger partial charge on any atom is 0.162 e. The summed E-state index contributed by atoms with van der Waals surface area (Å²) in [5, 5.41) is 0.903. The number of rotatable bonds is 4. The van der Waals surface area contributed by atoms with E-state index in [-0.39, 0.29) is 5.82 Å². The Labute approximate surface area is 179 Å². The summed E-state index contributed by atoms with van der Waals surface area (Å²) in [4.78, 5) is 13.1. The molecule has 2 heterocycles. The van der Waals surface area contributed by atoms with Gasteiger partial charge in [0.1, 0.15) is 17.2 Å². The van der Waals surface area contributed by atoms with Gasteiger partial charge in [-0.2, -0.15) is 0 Å². The molecular weight excluding hydrogens is 389 g/mol. The molecule has 5 aromatic rings. The van der Waals surface area contributed by atoms with Gasteiger partial charge in [-0.05, 0) is 67.1 Å². The molecule has 0 radical (unpaired) electrons. The number of aryl methyl sites for hydroxylation is 1. The van der Waals surface area contributed by atoms with Crippen molar-refractivity contribution in [3.05, 3.63) is 90.2 Å². The summed E-state index contributed by atoms with van der Waals surface area (Å²) in [6, 6.07) is 24.4. The lowest BCUT2D eigenvalue weighted by atomic mass is 10.1. The highest BCUT2D eigenvalue weighted by Crippen LogP contribution is 2.33. The van der Waals surface area contributed by atoms with E-state index >= 15 is 0 Å². The fourth-order valence-electron chi connectivity index (χ4n) is 3.60. The monoisotopic (exact) mass is 409 g/mol. The third kappa shape index (κ3) is 3.66. The van der Waals surface area contributed by atoms with Gasteiger partial charge in [-0.1, -0.05) is 29.8 Å². The first kappa shape index (κ1) is 19.0. The van der Waals surface area contributed by atoms with Gasteiger partial charge >= 0.3 is 0 Å². The molecule has 0 amide bonds. The van der Waals surface area contributed by atoms with E-state index < -0.39 is 0 Å². The Hall–Kier alpha value is -3.99. The third-order valence-corrected chi connectivity index (χ3v) is 5.32. The Morgan fingerprint density at radius 1 is 0.774 bits per heavy atom. The molecule has 31 heavy (non-hydrogen) atoms. The number of hydrogen-bond donors (Lipinski definition) is 1. The van der Waals surface area contributed by atoms with Crippen molar-refractivity contribution in [2.75, 3.05) is 7.11 Å². The van der Waals surface area contributed by atoms with Crippen molar-refractivity contribution < 1.29 is 9.13 Å². The number of methoxy groups -OCH3 is 1. The summed E-state index contributed by atoms with van der Waals surface area (Å²) in [6.45, 7) is 2.05. The van der Waals surface area contributed by atoms with Gasteiger partial charge in [0.15, 0.2) is 5.82 Å². The maximum absolute atomic E-state index is 13.4. The zero-order chi connectivity index (χ0) is 21.4. The summed E-state index contributed by atoms with van der Waals surface area (Å²) in [5.74, 6) is 1.17. The van der Waals surface area contributed by atoms with Crippen LogP contribution in [-0.4, -0.2) is 22.1 Å². The molecule has 0 fully saturated rings. The van der Waals surface area contributed by atoms with E-state index in [1.54, 1.807) is 19.2 Å². The van der Waals surface area contributed by atoms with Crippen molar-refractivity contribution in [3.63, 3.8) is 0 Å². The van der Waals surface area contributed by atoms with Gasteiger partial charge in [-0.3, -0.25) is 0 Å². The summed E-state index contributed by atoms with van der Waals surface area (Å²) in [5.41, 5.74) is 6.39. The summed E-state index contributed by atoms with van der Waals surface area (Å²) < 4.78 is 18.7. The van der Waals surface area contributed by atoms with Crippen LogP contribution in [0.15, 0.2) is 78.9 Å². The number of aromatic amines is 1. The Bertz CT molecular complexity index is 1360. The van der Waals surface area contributed by atoms with E-state index in [0.29, 0.717) is 5.82 Å². The summed E-state index contributed by atoms with van der Waals surface area (Å²) in [7, 11) is 1.65. The second-order valence-electron chi connectivity index (χ2n) is 7.44. The fourth-order valence-corrected chi connectivity index (χ4v) is 3.60. The fraction of sp³-hybridized carbons (Fsp3) is 0.0769. The zero-order valence-corrected chi connectivity index (χ0v) is 17.2. The van der Waals surface area contributed by atoms with Gasteiger partial charge in [0.25, 0.3) is 0 Å². The lowest BCUT2D eigenvalue weighted by Crippen LogP contribution is -1.94. The number of H-pyrrole nitrogens is 1. The highest BCUT2D eigenvalue weighted by molar-refractivity contribution is 5.95. The van der Waals surface area contributed by atoms with Crippen LogP contribution >= 0.6 is 0 Å². The second-order valence-corrected chi connectivity index (χ2v) is 7.44. The number of benzene rings is 3. The molecule has 0 aliphatic rings. The lowest BCUT2D eigenvalue weighted by Gasteiger charge is -2.08. The standard InChI is InChI=1S/C26H20FN3O/c1-16-3-5-19(6-4-16)25-29-24(18-9-13-21(31-2)14-10-18)22-15-23(28-26(22)30-25)17-7-11-20(27)12-8-17/h3-15H,1-2H3,(H,28,29,30). The molecule has 3 aromatic carbocycles. The number of nitrogens with one attached hydrogen (secondary N) is 1. The molecule has 0 bridgehead atoms. The molecule has 5 heteroatoms. The summed E-state index contributed by atoms with van der Waals surface area (Å²) in [6.07, 6.45) is 0. The highest BCUT2D eigenvalue weighted by Gasteiger charge is 2.15. The van der Waals surface area contributed by atoms with Crippen LogP contribution in [0.2, 0.25) is 0 Å². The van der Waals surface area contributed by atoms with Crippen molar-refractivity contribution in [1.29, 1.82) is 0 Å². The Morgan fingerprint density at radius 2 is 1.42 bits per heavy atom. The molecule has 0 saturated heterocycles. The van der Waals surface area contributed by atoms with Crippen molar-refractivity contribution in [1.82, 2.24) is 15.0 Å². The van der Waals surface area contributed by atoms with Gasteiger partial charge in [0.05, 0.1) is 12.8 Å². The average Bonchev–Trinajstić information content (AvgIpc) is 3.24. The number of halogens is 1. The van der Waals surface area contributed by atoms with Crippen LogP contribution in [0.1, 0.15) is 5.56 Å². The predicted molar refractivity (Wildman–Crippen MR) is 121 cm³/mol. The molecule has 4 nitrogen and oxygen atoms in total. The molecule has 0 spiro atoms. The van der Waals surface area contributed by atoms with Gasteiger partial charge < -0.3 is 9.72 Å². The Balaban J connectivity index is 1.72. The van der Waals surface area contributed by atoms with Gasteiger partial charge in [-0.25, -0.2) is 14.4 Å². The minimum absolute atomic E-state index is 0.264. The van der Waals surface area contributed by atoms with E-state index in [2.05, 4.69) is 24.0 Å². The molecule has 0 saturated carbocycles. The van der Waals surface area contributed by atoms with E-state index in [1.807, 2.05) is 42.5 Å². The maximum atomic E-state index is 13.4. The molecule has 0 aliphatic heterocycles. The number of aromatic nitrogens is 3. The number of ether oxygens (including phenoxy) is 1. The van der Waals surface area contributed by atoms with E-state index in [0.717, 1.165) is 44.9 Å². The third-order valence-electron chi connectivity index (χ3n) is 5.32. The van der Waals surface area contributed by atoms with Gasteiger partial charge in [0.2, 0.25) is 0 Å². The second kappa shape index (κ2) is 7.69. The zero-order valence-electron chi connectivity index (χ0n) is 17.2. The van der Waals surface area contributed by atoms with Crippen molar-refractivity contribution in [2.24, 2.45) is 0 Å². The van der Waals surface area contributed by atoms with E-state index in [9.17, 15) is 4.39 Å².